The Bertz CT molecular complexity index is 436. The second kappa shape index (κ2) is 6.62. The van der Waals surface area contributed by atoms with Gasteiger partial charge in [0, 0.05) is 12.6 Å². The summed E-state index contributed by atoms with van der Waals surface area (Å²) in [6.45, 7) is 4.95. The smallest absolute Gasteiger partial charge is 0.161 e. The van der Waals surface area contributed by atoms with Gasteiger partial charge in [0.2, 0.25) is 0 Å². The van der Waals surface area contributed by atoms with Gasteiger partial charge in [0.1, 0.15) is 0 Å². The number of hydrogen-bond donors (Lipinski definition) is 1. The number of nitrogens with one attached hydrogen (secondary N) is 1. The molecule has 1 aliphatic carbocycles. The molecule has 0 bridgehead atoms. The van der Waals surface area contributed by atoms with Gasteiger partial charge in [-0.25, -0.2) is 0 Å². The molecular weight excluding hydrogens is 238 g/mol. The van der Waals surface area contributed by atoms with Crippen LogP contribution in [0.3, 0.4) is 0 Å². The van der Waals surface area contributed by atoms with Crippen LogP contribution in [0.15, 0.2) is 24.3 Å². The quantitative estimate of drug-likeness (QED) is 0.817. The van der Waals surface area contributed by atoms with Crippen molar-refractivity contribution in [2.75, 3.05) is 13.7 Å². The van der Waals surface area contributed by atoms with Gasteiger partial charge in [-0.1, -0.05) is 18.2 Å². The third-order valence-electron chi connectivity index (χ3n) is 2.96. The molecule has 1 saturated carbocycles. The lowest BCUT2D eigenvalue weighted by Crippen LogP contribution is -2.15. The van der Waals surface area contributed by atoms with E-state index in [0.717, 1.165) is 29.6 Å². The van der Waals surface area contributed by atoms with Crippen molar-refractivity contribution in [3.8, 4) is 11.5 Å². The lowest BCUT2D eigenvalue weighted by molar-refractivity contribution is 0.230. The summed E-state index contributed by atoms with van der Waals surface area (Å²) in [5.74, 6) is 1.58. The van der Waals surface area contributed by atoms with Gasteiger partial charge in [0.05, 0.1) is 13.2 Å². The molecule has 1 N–H and O–H groups in total. The molecule has 0 heterocycles. The van der Waals surface area contributed by atoms with Crippen molar-refractivity contribution >= 4 is 6.08 Å². The standard InChI is InChI=1S/C16H23NO2/c1-12(2)19-15-9-6-13(11-16(15)18-3)5-4-10-17-14-7-8-14/h4-6,9,11-12,14,17H,7-8,10H2,1-3H3. The molecule has 1 aliphatic rings. The summed E-state index contributed by atoms with van der Waals surface area (Å²) in [7, 11) is 1.67. The summed E-state index contributed by atoms with van der Waals surface area (Å²) < 4.78 is 11.1. The molecule has 0 unspecified atom stereocenters. The van der Waals surface area contributed by atoms with E-state index in [1.807, 2.05) is 32.0 Å². The molecule has 0 radical (unpaired) electrons. The molecular formula is C16H23NO2. The van der Waals surface area contributed by atoms with Crippen LogP contribution in [-0.4, -0.2) is 25.8 Å². The van der Waals surface area contributed by atoms with Crippen molar-refractivity contribution in [3.05, 3.63) is 29.8 Å². The SMILES string of the molecule is COc1cc(C=CCNC2CC2)ccc1OC(C)C. The molecule has 0 spiro atoms. The molecule has 1 aromatic carbocycles. The summed E-state index contributed by atoms with van der Waals surface area (Å²) >= 11 is 0. The van der Waals surface area contributed by atoms with E-state index in [0.29, 0.717) is 0 Å². The first-order valence-corrected chi connectivity index (χ1v) is 6.93. The van der Waals surface area contributed by atoms with E-state index in [-0.39, 0.29) is 6.10 Å². The Morgan fingerprint density at radius 2 is 2.11 bits per heavy atom. The Kier molecular flexibility index (Phi) is 4.86. The lowest BCUT2D eigenvalue weighted by Gasteiger charge is -2.13. The maximum atomic E-state index is 5.70. The average molecular weight is 261 g/mol. The molecule has 0 atom stereocenters. The molecule has 2 rings (SSSR count). The van der Waals surface area contributed by atoms with Crippen molar-refractivity contribution in [2.24, 2.45) is 0 Å². The Balaban J connectivity index is 1.96. The zero-order valence-corrected chi connectivity index (χ0v) is 12.0. The fourth-order valence-corrected chi connectivity index (χ4v) is 1.86. The van der Waals surface area contributed by atoms with Gasteiger partial charge in [-0.3, -0.25) is 0 Å². The van der Waals surface area contributed by atoms with E-state index in [1.165, 1.54) is 12.8 Å². The number of benzene rings is 1. The van der Waals surface area contributed by atoms with E-state index in [2.05, 4.69) is 17.5 Å². The van der Waals surface area contributed by atoms with Crippen LogP contribution in [0.25, 0.3) is 6.08 Å². The zero-order valence-electron chi connectivity index (χ0n) is 12.0. The van der Waals surface area contributed by atoms with Crippen LogP contribution in [0, 0.1) is 0 Å². The summed E-state index contributed by atoms with van der Waals surface area (Å²) in [6.07, 6.45) is 7.05. The fraction of sp³-hybridized carbons (Fsp3) is 0.500. The van der Waals surface area contributed by atoms with Gasteiger partial charge in [-0.15, -0.1) is 0 Å². The second-order valence-electron chi connectivity index (χ2n) is 5.16. The highest BCUT2D eigenvalue weighted by molar-refractivity contribution is 5.56. The van der Waals surface area contributed by atoms with E-state index in [4.69, 9.17) is 9.47 Å². The molecule has 1 fully saturated rings. The molecule has 3 heteroatoms. The third-order valence-corrected chi connectivity index (χ3v) is 2.96. The van der Waals surface area contributed by atoms with Gasteiger partial charge in [-0.2, -0.15) is 0 Å². The van der Waals surface area contributed by atoms with Crippen molar-refractivity contribution in [1.82, 2.24) is 5.32 Å². The summed E-state index contributed by atoms with van der Waals surface area (Å²) in [6, 6.07) is 6.77. The summed E-state index contributed by atoms with van der Waals surface area (Å²) in [5.41, 5.74) is 1.13. The molecule has 1 aromatic rings. The van der Waals surface area contributed by atoms with E-state index < -0.39 is 0 Å². The highest BCUT2D eigenvalue weighted by Gasteiger charge is 2.18. The van der Waals surface area contributed by atoms with Gasteiger partial charge < -0.3 is 14.8 Å². The predicted molar refractivity (Wildman–Crippen MR) is 78.8 cm³/mol. The summed E-state index contributed by atoms with van der Waals surface area (Å²) in [4.78, 5) is 0. The van der Waals surface area contributed by atoms with Crippen LogP contribution in [0.1, 0.15) is 32.3 Å². The minimum Gasteiger partial charge on any atom is -0.493 e. The van der Waals surface area contributed by atoms with Crippen LogP contribution in [0.4, 0.5) is 0 Å². The maximum absolute atomic E-state index is 5.70. The molecule has 0 aromatic heterocycles. The number of ether oxygens (including phenoxy) is 2. The first-order chi connectivity index (χ1) is 9.19. The monoisotopic (exact) mass is 261 g/mol. The van der Waals surface area contributed by atoms with Crippen LogP contribution < -0.4 is 14.8 Å². The first kappa shape index (κ1) is 13.9. The van der Waals surface area contributed by atoms with Crippen LogP contribution in [-0.2, 0) is 0 Å². The van der Waals surface area contributed by atoms with Crippen LogP contribution in [0.2, 0.25) is 0 Å². The lowest BCUT2D eigenvalue weighted by atomic mass is 10.2. The van der Waals surface area contributed by atoms with E-state index in [1.54, 1.807) is 7.11 Å². The fourth-order valence-electron chi connectivity index (χ4n) is 1.86. The predicted octanol–water partition coefficient (Wildman–Crippen LogP) is 3.25. The minimum absolute atomic E-state index is 0.151. The maximum Gasteiger partial charge on any atom is 0.161 e. The number of rotatable bonds is 7. The average Bonchev–Trinajstić information content (AvgIpc) is 3.19. The zero-order chi connectivity index (χ0) is 13.7. The number of methoxy groups -OCH3 is 1. The van der Waals surface area contributed by atoms with Crippen LogP contribution in [0.5, 0.6) is 11.5 Å². The van der Waals surface area contributed by atoms with Gasteiger partial charge >= 0.3 is 0 Å². The first-order valence-electron chi connectivity index (χ1n) is 6.93. The molecule has 0 saturated heterocycles. The van der Waals surface area contributed by atoms with Gasteiger partial charge in [0.25, 0.3) is 0 Å². The molecule has 104 valence electrons. The van der Waals surface area contributed by atoms with Crippen LogP contribution >= 0.6 is 0 Å². The Morgan fingerprint density at radius 3 is 2.74 bits per heavy atom. The molecule has 0 amide bonds. The molecule has 0 aliphatic heterocycles. The highest BCUT2D eigenvalue weighted by Crippen LogP contribution is 2.29. The van der Waals surface area contributed by atoms with Crippen molar-refractivity contribution in [1.29, 1.82) is 0 Å². The van der Waals surface area contributed by atoms with Gasteiger partial charge in [0.15, 0.2) is 11.5 Å². The van der Waals surface area contributed by atoms with E-state index >= 15 is 0 Å². The number of hydrogen-bond acceptors (Lipinski definition) is 3. The Labute approximate surface area is 115 Å². The van der Waals surface area contributed by atoms with E-state index in [9.17, 15) is 0 Å². The largest absolute Gasteiger partial charge is 0.493 e. The highest BCUT2D eigenvalue weighted by atomic mass is 16.5. The summed E-state index contributed by atoms with van der Waals surface area (Å²) in [5, 5.41) is 3.45. The molecule has 19 heavy (non-hydrogen) atoms. The molecule has 3 nitrogen and oxygen atoms in total. The second-order valence-corrected chi connectivity index (χ2v) is 5.16. The van der Waals surface area contributed by atoms with Gasteiger partial charge in [-0.05, 0) is 44.4 Å². The van der Waals surface area contributed by atoms with Crippen molar-refractivity contribution in [3.63, 3.8) is 0 Å². The Hall–Kier alpha value is -1.48. The topological polar surface area (TPSA) is 30.5 Å². The van der Waals surface area contributed by atoms with Crippen molar-refractivity contribution < 1.29 is 9.47 Å². The normalized spacial score (nSPS) is 15.2. The third kappa shape index (κ3) is 4.60. The minimum atomic E-state index is 0.151. The van der Waals surface area contributed by atoms with Crippen molar-refractivity contribution in [2.45, 2.75) is 38.8 Å². The Morgan fingerprint density at radius 1 is 1.32 bits per heavy atom.